The first-order valence-electron chi connectivity index (χ1n) is 7.00. The number of hydrogen-bond acceptors (Lipinski definition) is 6. The molecule has 0 N–H and O–H groups in total. The molecule has 3 rings (SSSR count). The van der Waals surface area contributed by atoms with E-state index in [-0.39, 0.29) is 0 Å². The fourth-order valence-electron chi connectivity index (χ4n) is 1.98. The summed E-state index contributed by atoms with van der Waals surface area (Å²) in [4.78, 5) is 4.32. The molecule has 0 atom stereocenters. The van der Waals surface area contributed by atoms with Gasteiger partial charge in [0.2, 0.25) is 5.82 Å². The predicted octanol–water partition coefficient (Wildman–Crippen LogP) is 3.79. The van der Waals surface area contributed by atoms with Crippen LogP contribution in [0.15, 0.2) is 45.5 Å². The van der Waals surface area contributed by atoms with Crippen LogP contribution in [0.2, 0.25) is 0 Å². The largest absolute Gasteiger partial charge is 0.493 e. The number of ether oxygens (including phenoxy) is 2. The topological polar surface area (TPSA) is 70.5 Å². The van der Waals surface area contributed by atoms with Crippen LogP contribution in [0.3, 0.4) is 0 Å². The Balaban J connectivity index is 1.88. The van der Waals surface area contributed by atoms with E-state index in [0.29, 0.717) is 35.6 Å². The molecule has 3 aromatic rings. The Kier molecular flexibility index (Phi) is 4.09. The third-order valence-electron chi connectivity index (χ3n) is 3.04. The molecule has 0 bridgehead atoms. The third kappa shape index (κ3) is 2.81. The minimum absolute atomic E-state index is 0.338. The minimum atomic E-state index is 0.338. The molecule has 0 aliphatic rings. The van der Waals surface area contributed by atoms with E-state index in [9.17, 15) is 0 Å². The zero-order valence-corrected chi connectivity index (χ0v) is 12.4. The summed E-state index contributed by atoms with van der Waals surface area (Å²) >= 11 is 0. The summed E-state index contributed by atoms with van der Waals surface area (Å²) in [5, 5.41) is 3.97. The number of hydrogen-bond donors (Lipinski definition) is 0. The molecule has 0 aliphatic heterocycles. The van der Waals surface area contributed by atoms with Crippen molar-refractivity contribution in [2.45, 2.75) is 13.3 Å². The molecule has 22 heavy (non-hydrogen) atoms. The van der Waals surface area contributed by atoms with Gasteiger partial charge in [-0.05, 0) is 36.8 Å². The first kappa shape index (κ1) is 14.2. The Hall–Kier alpha value is -2.76. The predicted molar refractivity (Wildman–Crippen MR) is 79.8 cm³/mol. The van der Waals surface area contributed by atoms with Crippen molar-refractivity contribution in [3.05, 3.63) is 36.6 Å². The maximum absolute atomic E-state index is 5.63. The number of methoxy groups -OCH3 is 1. The van der Waals surface area contributed by atoms with E-state index in [0.717, 1.165) is 12.0 Å². The molecular weight excluding hydrogens is 284 g/mol. The van der Waals surface area contributed by atoms with E-state index in [1.54, 1.807) is 25.5 Å². The SMILES string of the molecule is CCCOc1ccc(-c2noc(-c3ccco3)n2)cc1OC. The second-order valence-electron chi connectivity index (χ2n) is 4.61. The second kappa shape index (κ2) is 6.34. The van der Waals surface area contributed by atoms with Crippen LogP contribution in [0.4, 0.5) is 0 Å². The summed E-state index contributed by atoms with van der Waals surface area (Å²) < 4.78 is 21.4. The lowest BCUT2D eigenvalue weighted by atomic mass is 10.2. The average molecular weight is 300 g/mol. The van der Waals surface area contributed by atoms with Gasteiger partial charge in [-0.25, -0.2) is 0 Å². The van der Waals surface area contributed by atoms with Crippen molar-refractivity contribution < 1.29 is 18.4 Å². The molecule has 0 saturated heterocycles. The molecule has 0 amide bonds. The maximum Gasteiger partial charge on any atom is 0.293 e. The van der Waals surface area contributed by atoms with Gasteiger partial charge in [-0.2, -0.15) is 4.98 Å². The van der Waals surface area contributed by atoms with Gasteiger partial charge in [0.25, 0.3) is 5.89 Å². The fourth-order valence-corrected chi connectivity index (χ4v) is 1.98. The highest BCUT2D eigenvalue weighted by Gasteiger charge is 2.14. The smallest absolute Gasteiger partial charge is 0.293 e. The number of benzene rings is 1. The quantitative estimate of drug-likeness (QED) is 0.689. The zero-order chi connectivity index (χ0) is 15.4. The van der Waals surface area contributed by atoms with Crippen LogP contribution in [0, 0.1) is 0 Å². The van der Waals surface area contributed by atoms with Gasteiger partial charge in [-0.1, -0.05) is 12.1 Å². The van der Waals surface area contributed by atoms with E-state index < -0.39 is 0 Å². The fraction of sp³-hybridized carbons (Fsp3) is 0.250. The Morgan fingerprint density at radius 1 is 1.18 bits per heavy atom. The van der Waals surface area contributed by atoms with Gasteiger partial charge in [-0.3, -0.25) is 0 Å². The van der Waals surface area contributed by atoms with Crippen LogP contribution in [0.5, 0.6) is 11.5 Å². The summed E-state index contributed by atoms with van der Waals surface area (Å²) in [7, 11) is 1.60. The number of furan rings is 1. The standard InChI is InChI=1S/C16H16N2O4/c1-3-8-20-12-7-6-11(10-14(12)19-2)15-17-16(22-18-15)13-5-4-9-21-13/h4-7,9-10H,3,8H2,1-2H3. The highest BCUT2D eigenvalue weighted by atomic mass is 16.5. The van der Waals surface area contributed by atoms with Gasteiger partial charge in [0.05, 0.1) is 20.0 Å². The summed E-state index contributed by atoms with van der Waals surface area (Å²) in [6.07, 6.45) is 2.49. The average Bonchev–Trinajstić information content (AvgIpc) is 3.23. The Morgan fingerprint density at radius 2 is 2.09 bits per heavy atom. The van der Waals surface area contributed by atoms with Crippen LogP contribution in [0.25, 0.3) is 23.0 Å². The Bertz CT molecular complexity index is 734. The molecule has 2 heterocycles. The highest BCUT2D eigenvalue weighted by molar-refractivity contribution is 5.62. The lowest BCUT2D eigenvalue weighted by Gasteiger charge is -2.10. The molecule has 1 aromatic carbocycles. The van der Waals surface area contributed by atoms with Crippen molar-refractivity contribution in [2.75, 3.05) is 13.7 Å². The lowest BCUT2D eigenvalue weighted by Crippen LogP contribution is -1.98. The Morgan fingerprint density at radius 3 is 2.82 bits per heavy atom. The van der Waals surface area contributed by atoms with Gasteiger partial charge in [0, 0.05) is 5.56 Å². The minimum Gasteiger partial charge on any atom is -0.493 e. The summed E-state index contributed by atoms with van der Waals surface area (Å²) in [6.45, 7) is 2.69. The van der Waals surface area contributed by atoms with Crippen LogP contribution in [0.1, 0.15) is 13.3 Å². The van der Waals surface area contributed by atoms with Gasteiger partial charge in [-0.15, -0.1) is 0 Å². The monoisotopic (exact) mass is 300 g/mol. The second-order valence-corrected chi connectivity index (χ2v) is 4.61. The molecule has 6 heteroatoms. The van der Waals surface area contributed by atoms with E-state index in [1.807, 2.05) is 18.2 Å². The molecular formula is C16H16N2O4. The zero-order valence-electron chi connectivity index (χ0n) is 12.4. The highest BCUT2D eigenvalue weighted by Crippen LogP contribution is 2.32. The molecule has 0 saturated carbocycles. The molecule has 0 aliphatic carbocycles. The first-order chi connectivity index (χ1) is 10.8. The molecule has 0 radical (unpaired) electrons. The summed E-state index contributed by atoms with van der Waals surface area (Å²) in [5.41, 5.74) is 0.780. The van der Waals surface area contributed by atoms with Crippen molar-refractivity contribution >= 4 is 0 Å². The van der Waals surface area contributed by atoms with Crippen LogP contribution < -0.4 is 9.47 Å². The third-order valence-corrected chi connectivity index (χ3v) is 3.04. The van der Waals surface area contributed by atoms with Crippen molar-refractivity contribution in [3.63, 3.8) is 0 Å². The van der Waals surface area contributed by atoms with Crippen LogP contribution >= 0.6 is 0 Å². The molecule has 114 valence electrons. The van der Waals surface area contributed by atoms with E-state index in [2.05, 4.69) is 17.1 Å². The van der Waals surface area contributed by atoms with Gasteiger partial charge in [0.1, 0.15) is 0 Å². The van der Waals surface area contributed by atoms with E-state index in [1.165, 1.54) is 0 Å². The Labute approximate surface area is 127 Å². The first-order valence-corrected chi connectivity index (χ1v) is 7.00. The number of nitrogens with zero attached hydrogens (tertiary/aromatic N) is 2. The van der Waals surface area contributed by atoms with Crippen molar-refractivity contribution in [1.82, 2.24) is 10.1 Å². The van der Waals surface area contributed by atoms with Crippen LogP contribution in [-0.4, -0.2) is 23.9 Å². The maximum atomic E-state index is 5.63. The van der Waals surface area contributed by atoms with Gasteiger partial charge < -0.3 is 18.4 Å². The van der Waals surface area contributed by atoms with E-state index in [4.69, 9.17) is 18.4 Å². The van der Waals surface area contributed by atoms with Crippen LogP contribution in [-0.2, 0) is 0 Å². The van der Waals surface area contributed by atoms with Crippen molar-refractivity contribution in [1.29, 1.82) is 0 Å². The van der Waals surface area contributed by atoms with Crippen molar-refractivity contribution in [2.24, 2.45) is 0 Å². The number of rotatable bonds is 6. The molecule has 0 fully saturated rings. The lowest BCUT2D eigenvalue weighted by molar-refractivity contribution is 0.294. The van der Waals surface area contributed by atoms with E-state index >= 15 is 0 Å². The molecule has 2 aromatic heterocycles. The van der Waals surface area contributed by atoms with Gasteiger partial charge >= 0.3 is 0 Å². The van der Waals surface area contributed by atoms with Crippen molar-refractivity contribution in [3.8, 4) is 34.5 Å². The molecule has 0 spiro atoms. The summed E-state index contributed by atoms with van der Waals surface area (Å²) in [5.74, 6) is 2.67. The number of aromatic nitrogens is 2. The summed E-state index contributed by atoms with van der Waals surface area (Å²) in [6, 6.07) is 9.06. The van der Waals surface area contributed by atoms with Gasteiger partial charge in [0.15, 0.2) is 17.3 Å². The molecule has 0 unspecified atom stereocenters. The normalized spacial score (nSPS) is 10.6. The molecule has 6 nitrogen and oxygen atoms in total.